The zero-order valence-corrected chi connectivity index (χ0v) is 17.6. The summed E-state index contributed by atoms with van der Waals surface area (Å²) in [5.74, 6) is 0.168. The number of benzene rings is 2. The van der Waals surface area contributed by atoms with Crippen LogP contribution < -0.4 is 26.4 Å². The molecule has 0 unspecified atom stereocenters. The minimum Gasteiger partial charge on any atom is -0.484 e. The number of nitrogens with two attached hydrogens (primary N) is 2. The lowest BCUT2D eigenvalue weighted by Gasteiger charge is -2.38. The second-order valence-corrected chi connectivity index (χ2v) is 8.41. The Morgan fingerprint density at radius 1 is 1.19 bits per heavy atom. The Labute approximate surface area is 178 Å². The molecule has 10 nitrogen and oxygen atoms in total. The first kappa shape index (κ1) is 22.0. The number of anilines is 2. The van der Waals surface area contributed by atoms with E-state index in [-0.39, 0.29) is 18.5 Å². The number of rotatable bonds is 6. The Hall–Kier alpha value is -3.67. The van der Waals surface area contributed by atoms with E-state index in [9.17, 15) is 17.1 Å². The molecule has 0 aliphatic carbocycles. The van der Waals surface area contributed by atoms with Crippen molar-refractivity contribution in [2.45, 2.75) is 24.4 Å². The normalized spacial score (nSPS) is 15.6. The summed E-state index contributed by atoms with van der Waals surface area (Å²) in [5, 5.41) is 2.53. The van der Waals surface area contributed by atoms with Crippen molar-refractivity contribution in [2.75, 3.05) is 16.8 Å². The quantitative estimate of drug-likeness (QED) is 0.567. The van der Waals surface area contributed by atoms with Gasteiger partial charge in [-0.1, -0.05) is 6.07 Å². The minimum absolute atomic E-state index is 0.0833. The number of ether oxygens (including phenoxy) is 1. The highest BCUT2D eigenvalue weighted by atomic mass is 32.3. The third-order valence-corrected chi connectivity index (χ3v) is 5.09. The average Bonchev–Trinajstić information content (AvgIpc) is 2.65. The van der Waals surface area contributed by atoms with E-state index in [1.54, 1.807) is 29.2 Å². The van der Waals surface area contributed by atoms with Crippen LogP contribution in [0.3, 0.4) is 0 Å². The number of halogens is 1. The highest BCUT2D eigenvalue weighted by molar-refractivity contribution is 7.86. The molecule has 0 bridgehead atoms. The number of amides is 1. The highest BCUT2D eigenvalue weighted by Crippen LogP contribution is 2.29. The predicted molar refractivity (Wildman–Crippen MR) is 115 cm³/mol. The number of nitrogens with zero attached hydrogens (tertiary/aromatic N) is 3. The van der Waals surface area contributed by atoms with Crippen molar-refractivity contribution in [3.05, 3.63) is 48.5 Å². The number of guanidine groups is 2. The molecule has 1 aliphatic heterocycles. The Balaban J connectivity index is 1.65. The van der Waals surface area contributed by atoms with Crippen LogP contribution in [0.15, 0.2) is 63.4 Å². The van der Waals surface area contributed by atoms with Crippen molar-refractivity contribution in [3.63, 3.8) is 0 Å². The lowest BCUT2D eigenvalue weighted by atomic mass is 10.1. The Morgan fingerprint density at radius 2 is 1.87 bits per heavy atom. The summed E-state index contributed by atoms with van der Waals surface area (Å²) in [5.41, 5.74) is 11.9. The van der Waals surface area contributed by atoms with E-state index in [0.29, 0.717) is 17.1 Å². The first-order valence-electron chi connectivity index (χ1n) is 9.03. The van der Waals surface area contributed by atoms with Crippen LogP contribution in [-0.2, 0) is 15.0 Å². The van der Waals surface area contributed by atoms with E-state index >= 15 is 0 Å². The Kier molecular flexibility index (Phi) is 5.84. The van der Waals surface area contributed by atoms with Crippen LogP contribution in [0.2, 0.25) is 0 Å². The maximum absolute atomic E-state index is 12.9. The fraction of sp³-hybridized carbons (Fsp3) is 0.211. The van der Waals surface area contributed by atoms with Gasteiger partial charge < -0.3 is 21.5 Å². The topological polar surface area (TPSA) is 152 Å². The zero-order valence-electron chi connectivity index (χ0n) is 16.7. The number of nitrogens with one attached hydrogen (secondary N) is 1. The molecule has 1 heterocycles. The van der Waals surface area contributed by atoms with Gasteiger partial charge in [-0.05, 0) is 50.2 Å². The molecule has 0 atom stereocenters. The van der Waals surface area contributed by atoms with Gasteiger partial charge >= 0.3 is 10.2 Å². The van der Waals surface area contributed by atoms with E-state index in [1.165, 1.54) is 12.1 Å². The monoisotopic (exact) mass is 448 g/mol. The van der Waals surface area contributed by atoms with Gasteiger partial charge in [-0.2, -0.15) is 13.4 Å². The standard InChI is InChI=1S/C19H21FN6O4S/c1-19(2)25-17(21)24-18(22)26(19)13-4-3-5-14(10-13)30-11-16(27)23-12-6-8-15(9-7-12)31(20,28)29/h3-10H,11H2,1-2H3,(H,23,27)(H4,21,22,24,25). The van der Waals surface area contributed by atoms with E-state index < -0.39 is 26.7 Å². The smallest absolute Gasteiger partial charge is 0.332 e. The molecular weight excluding hydrogens is 427 g/mol. The molecule has 0 spiro atoms. The molecule has 0 saturated heterocycles. The molecule has 12 heteroatoms. The third-order valence-electron chi connectivity index (χ3n) is 4.26. The molecule has 3 rings (SSSR count). The van der Waals surface area contributed by atoms with Gasteiger partial charge in [0, 0.05) is 17.4 Å². The van der Waals surface area contributed by atoms with E-state index in [4.69, 9.17) is 16.2 Å². The van der Waals surface area contributed by atoms with Gasteiger partial charge in [-0.3, -0.25) is 9.69 Å². The van der Waals surface area contributed by atoms with Crippen molar-refractivity contribution >= 4 is 39.4 Å². The maximum atomic E-state index is 12.9. The highest BCUT2D eigenvalue weighted by Gasteiger charge is 2.33. The van der Waals surface area contributed by atoms with Crippen LogP contribution in [0.5, 0.6) is 5.75 Å². The van der Waals surface area contributed by atoms with Crippen LogP contribution in [0.25, 0.3) is 0 Å². The second-order valence-electron chi connectivity index (χ2n) is 7.07. The maximum Gasteiger partial charge on any atom is 0.332 e. The van der Waals surface area contributed by atoms with Crippen molar-refractivity contribution in [2.24, 2.45) is 21.5 Å². The molecule has 0 radical (unpaired) electrons. The van der Waals surface area contributed by atoms with Crippen molar-refractivity contribution in [3.8, 4) is 5.75 Å². The van der Waals surface area contributed by atoms with Gasteiger partial charge in [-0.15, -0.1) is 3.89 Å². The van der Waals surface area contributed by atoms with Crippen LogP contribution in [0.4, 0.5) is 15.3 Å². The SMILES string of the molecule is CC1(C)N=C(N)N=C(N)N1c1cccc(OCC(=O)Nc2ccc(S(=O)(=O)F)cc2)c1. The van der Waals surface area contributed by atoms with Crippen LogP contribution >= 0.6 is 0 Å². The van der Waals surface area contributed by atoms with Gasteiger partial charge in [0.2, 0.25) is 11.9 Å². The van der Waals surface area contributed by atoms with E-state index in [1.807, 2.05) is 13.8 Å². The first-order valence-corrected chi connectivity index (χ1v) is 10.4. The average molecular weight is 448 g/mol. The number of hydrogen-bond donors (Lipinski definition) is 3. The van der Waals surface area contributed by atoms with Gasteiger partial charge in [0.25, 0.3) is 5.91 Å². The first-order chi connectivity index (χ1) is 14.5. The molecule has 1 amide bonds. The van der Waals surface area contributed by atoms with Crippen molar-refractivity contribution < 1.29 is 21.8 Å². The molecule has 0 fully saturated rings. The lowest BCUT2D eigenvalue weighted by molar-refractivity contribution is -0.118. The summed E-state index contributed by atoms with van der Waals surface area (Å²) >= 11 is 0. The summed E-state index contributed by atoms with van der Waals surface area (Å²) in [4.78, 5) is 21.6. The second kappa shape index (κ2) is 8.22. The largest absolute Gasteiger partial charge is 0.484 e. The minimum atomic E-state index is -4.80. The van der Waals surface area contributed by atoms with Gasteiger partial charge in [0.1, 0.15) is 11.4 Å². The fourth-order valence-corrected chi connectivity index (χ4v) is 3.47. The Bertz CT molecular complexity index is 1160. The molecule has 1 aliphatic rings. The number of carbonyl (C=O) groups excluding carboxylic acids is 1. The predicted octanol–water partition coefficient (Wildman–Crippen LogP) is 1.55. The van der Waals surface area contributed by atoms with Crippen LogP contribution in [0.1, 0.15) is 13.8 Å². The van der Waals surface area contributed by atoms with E-state index in [0.717, 1.165) is 12.1 Å². The number of aliphatic imine (C=N–C) groups is 2. The van der Waals surface area contributed by atoms with Crippen LogP contribution in [-0.4, -0.2) is 38.5 Å². The van der Waals surface area contributed by atoms with Gasteiger partial charge in [-0.25, -0.2) is 4.99 Å². The summed E-state index contributed by atoms with van der Waals surface area (Å²) in [7, 11) is -4.80. The number of carbonyl (C=O) groups is 1. The molecule has 2 aromatic rings. The molecular formula is C19H21FN6O4S. The fourth-order valence-electron chi connectivity index (χ4n) is 3.01. The summed E-state index contributed by atoms with van der Waals surface area (Å²) in [6, 6.07) is 11.5. The van der Waals surface area contributed by atoms with Crippen LogP contribution in [0, 0.1) is 0 Å². The molecule has 164 valence electrons. The molecule has 31 heavy (non-hydrogen) atoms. The molecule has 2 aromatic carbocycles. The molecule has 0 aromatic heterocycles. The molecule has 5 N–H and O–H groups in total. The molecule has 0 saturated carbocycles. The third kappa shape index (κ3) is 5.28. The summed E-state index contributed by atoms with van der Waals surface area (Å²) in [6.07, 6.45) is 0. The number of hydrogen-bond acceptors (Lipinski definition) is 9. The van der Waals surface area contributed by atoms with Gasteiger partial charge in [0.15, 0.2) is 6.61 Å². The Morgan fingerprint density at radius 3 is 2.48 bits per heavy atom. The summed E-state index contributed by atoms with van der Waals surface area (Å²) < 4.78 is 40.1. The van der Waals surface area contributed by atoms with Crippen molar-refractivity contribution in [1.82, 2.24) is 0 Å². The summed E-state index contributed by atoms with van der Waals surface area (Å²) in [6.45, 7) is 3.33. The van der Waals surface area contributed by atoms with Crippen molar-refractivity contribution in [1.29, 1.82) is 0 Å². The van der Waals surface area contributed by atoms with E-state index in [2.05, 4.69) is 15.3 Å². The zero-order chi connectivity index (χ0) is 22.8. The lowest BCUT2D eigenvalue weighted by Crippen LogP contribution is -2.54. The van der Waals surface area contributed by atoms with Gasteiger partial charge in [0.05, 0.1) is 4.90 Å².